The number of cyclic esters (lactones) is 2. The van der Waals surface area contributed by atoms with Gasteiger partial charge >= 0.3 is 33.0 Å². The summed E-state index contributed by atoms with van der Waals surface area (Å²) >= 11 is 0. The molecule has 1 heterocycles. The van der Waals surface area contributed by atoms with Crippen molar-refractivity contribution in [1.82, 2.24) is 0 Å². The first-order chi connectivity index (χ1) is 9.22. The van der Waals surface area contributed by atoms with E-state index >= 15 is 0 Å². The molecule has 0 saturated heterocycles. The Hall–Kier alpha value is -2.17. The number of esters is 2. The Morgan fingerprint density at radius 3 is 2.40 bits per heavy atom. The van der Waals surface area contributed by atoms with Crippen LogP contribution in [0, 0.1) is 18.4 Å². The minimum absolute atomic E-state index is 0. The molecule has 1 aliphatic rings. The first kappa shape index (κ1) is 15.9. The summed E-state index contributed by atoms with van der Waals surface area (Å²) in [7, 11) is 0. The van der Waals surface area contributed by atoms with Gasteiger partial charge in [-0.15, -0.1) is 23.8 Å². The van der Waals surface area contributed by atoms with Crippen molar-refractivity contribution < 1.29 is 35.4 Å². The molecule has 0 spiro atoms. The third-order valence-corrected chi connectivity index (χ3v) is 2.42. The van der Waals surface area contributed by atoms with Gasteiger partial charge in [-0.25, -0.2) is 9.53 Å². The van der Waals surface area contributed by atoms with Crippen LogP contribution in [-0.2, 0) is 25.8 Å². The van der Waals surface area contributed by atoms with Crippen molar-refractivity contribution in [2.45, 2.75) is 0 Å². The third-order valence-electron chi connectivity index (χ3n) is 2.42. The number of hydrogen-bond donors (Lipinski definition) is 0. The topological polar surface area (TPSA) is 47.7 Å². The van der Waals surface area contributed by atoms with Gasteiger partial charge in [-0.1, -0.05) is 18.2 Å². The van der Waals surface area contributed by atoms with Gasteiger partial charge < -0.3 is 11.2 Å². The minimum atomic E-state index is -0.519. The quantitative estimate of drug-likeness (QED) is 0.210. The van der Waals surface area contributed by atoms with E-state index in [2.05, 4.69) is 16.7 Å². The van der Waals surface area contributed by atoms with E-state index in [0.717, 1.165) is 5.56 Å². The second-order valence-corrected chi connectivity index (χ2v) is 3.66. The zero-order valence-electron chi connectivity index (χ0n) is 10.3. The molecular formula is C16H9O3W+. The molecule has 3 nitrogen and oxygen atoms in total. The van der Waals surface area contributed by atoms with Crippen molar-refractivity contribution in [3.8, 4) is 5.92 Å². The molecular weight excluding hydrogens is 424 g/mol. The summed E-state index contributed by atoms with van der Waals surface area (Å²) in [6, 6.07) is 16.8. The number of ether oxygens (including phenoxy) is 1. The standard InChI is InChI=1S/C8H3O3.C8H5.W/c9-7-5-3-1-2-4-6(5)8(10)11-7;1-2-8-6-4-3-5-7-8;/h1,3-4H;3-7H;/q2*-1;+2/p+1. The molecule has 0 aromatic heterocycles. The van der Waals surface area contributed by atoms with E-state index in [1.807, 2.05) is 30.3 Å². The van der Waals surface area contributed by atoms with Crippen molar-refractivity contribution in [3.05, 3.63) is 77.7 Å². The average molecular weight is 433 g/mol. The van der Waals surface area contributed by atoms with Crippen LogP contribution in [0.1, 0.15) is 21.5 Å². The van der Waals surface area contributed by atoms with Gasteiger partial charge in [0.05, 0.1) is 0 Å². The molecule has 0 unspecified atom stereocenters. The Labute approximate surface area is 131 Å². The fraction of sp³-hybridized carbons (Fsp3) is 0. The summed E-state index contributed by atoms with van der Waals surface area (Å²) in [5.41, 5.74) is 1.63. The summed E-state index contributed by atoms with van der Waals surface area (Å²) < 4.78 is 4.44. The normalized spacial score (nSPS) is 11.2. The van der Waals surface area contributed by atoms with Gasteiger partial charge in [0.2, 0.25) is 0 Å². The summed E-state index contributed by atoms with van der Waals surface area (Å²) in [6.45, 7) is 0. The van der Waals surface area contributed by atoms with Crippen molar-refractivity contribution in [2.24, 2.45) is 0 Å². The van der Waals surface area contributed by atoms with Crippen molar-refractivity contribution in [1.29, 1.82) is 0 Å². The number of benzene rings is 2. The Morgan fingerprint density at radius 2 is 1.85 bits per heavy atom. The van der Waals surface area contributed by atoms with Gasteiger partial charge in [-0.3, -0.25) is 5.92 Å². The molecule has 20 heavy (non-hydrogen) atoms. The summed E-state index contributed by atoms with van der Waals surface area (Å²) in [5, 5.41) is 0. The van der Waals surface area contributed by atoms with Crippen molar-refractivity contribution in [2.75, 3.05) is 0 Å². The number of hydrogen-bond acceptors (Lipinski definition) is 2. The van der Waals surface area contributed by atoms with E-state index in [9.17, 15) is 4.79 Å². The summed E-state index contributed by atoms with van der Waals surface area (Å²) in [6.07, 6.45) is 6.69. The van der Waals surface area contributed by atoms with Gasteiger partial charge in [-0.2, -0.15) is 18.2 Å². The average Bonchev–Trinajstić information content (AvgIpc) is 2.76. The maximum atomic E-state index is 10.9. The Morgan fingerprint density at radius 1 is 1.15 bits per heavy atom. The Balaban J connectivity index is 0.000000200. The van der Waals surface area contributed by atoms with Gasteiger partial charge in [0, 0.05) is 11.1 Å². The van der Waals surface area contributed by atoms with Crippen LogP contribution in [0.25, 0.3) is 0 Å². The number of fused-ring (bicyclic) bond motifs is 1. The molecule has 2 aromatic rings. The number of carbonyl (C=O) groups is 1. The van der Waals surface area contributed by atoms with Crippen LogP contribution in [0.3, 0.4) is 0 Å². The SMILES string of the molecule is O=C1OC(=[OH+])c2cc[c-]cc21.[C-]#Cc1ccccc1.[W+2]. The zero-order valence-corrected chi connectivity index (χ0v) is 13.2. The first-order valence-electron chi connectivity index (χ1n) is 5.48. The molecule has 96 valence electrons. The molecule has 0 atom stereocenters. The maximum Gasteiger partial charge on any atom is 2.00 e. The predicted octanol–water partition coefficient (Wildman–Crippen LogP) is 2.13. The molecule has 2 aromatic carbocycles. The molecule has 4 heteroatoms. The van der Waals surface area contributed by atoms with Crippen LogP contribution in [0.4, 0.5) is 0 Å². The third kappa shape index (κ3) is 3.66. The van der Waals surface area contributed by atoms with Crippen LogP contribution in [0.5, 0.6) is 0 Å². The Kier molecular flexibility index (Phi) is 5.90. The van der Waals surface area contributed by atoms with E-state index in [1.54, 1.807) is 12.1 Å². The molecule has 1 N–H and O–H groups in total. The smallest absolute Gasteiger partial charge is 0.366 e. The first-order valence-corrected chi connectivity index (χ1v) is 5.48. The van der Waals surface area contributed by atoms with E-state index in [-0.39, 0.29) is 27.0 Å². The van der Waals surface area contributed by atoms with Gasteiger partial charge in [0.1, 0.15) is 0 Å². The molecule has 0 aliphatic carbocycles. The Bertz CT molecular complexity index is 624. The molecule has 1 aliphatic heterocycles. The van der Waals surface area contributed by atoms with Crippen LogP contribution < -0.4 is 0 Å². The van der Waals surface area contributed by atoms with E-state index in [1.165, 1.54) is 6.07 Å². The fourth-order valence-electron chi connectivity index (χ4n) is 1.51. The van der Waals surface area contributed by atoms with Crippen LogP contribution in [0.2, 0.25) is 0 Å². The van der Waals surface area contributed by atoms with Crippen molar-refractivity contribution in [3.63, 3.8) is 0 Å². The van der Waals surface area contributed by atoms with E-state index in [0.29, 0.717) is 11.1 Å². The minimum Gasteiger partial charge on any atom is -0.366 e. The van der Waals surface area contributed by atoms with Crippen molar-refractivity contribution >= 4 is 11.9 Å². The second kappa shape index (κ2) is 7.43. The van der Waals surface area contributed by atoms with E-state index in [4.69, 9.17) is 11.2 Å². The zero-order chi connectivity index (χ0) is 13.7. The molecule has 0 bridgehead atoms. The van der Waals surface area contributed by atoms with Gasteiger partial charge in [-0.05, 0) is 0 Å². The van der Waals surface area contributed by atoms with E-state index < -0.39 is 5.97 Å². The van der Waals surface area contributed by atoms with Crippen LogP contribution >= 0.6 is 0 Å². The monoisotopic (exact) mass is 433 g/mol. The molecule has 0 fully saturated rings. The predicted molar refractivity (Wildman–Crippen MR) is 69.4 cm³/mol. The van der Waals surface area contributed by atoms with Crippen LogP contribution in [0.15, 0.2) is 48.5 Å². The largest absolute Gasteiger partial charge is 2.00 e. The second-order valence-electron chi connectivity index (χ2n) is 3.66. The molecule has 0 radical (unpaired) electrons. The van der Waals surface area contributed by atoms with Crippen LogP contribution in [-0.4, -0.2) is 16.7 Å². The summed E-state index contributed by atoms with van der Waals surface area (Å²) in [4.78, 5) is 19.9. The molecule has 0 amide bonds. The number of rotatable bonds is 0. The van der Waals surface area contributed by atoms with Gasteiger partial charge in [0.15, 0.2) is 0 Å². The maximum absolute atomic E-state index is 10.9. The number of carbonyl (C=O) groups excluding carboxylic acids is 2. The molecule has 0 saturated carbocycles. The fourth-order valence-corrected chi connectivity index (χ4v) is 1.51. The molecule has 3 rings (SSSR count). The van der Waals surface area contributed by atoms with Gasteiger partial charge in [0.25, 0.3) is 0 Å². The summed E-state index contributed by atoms with van der Waals surface area (Å²) in [5.74, 6) is 1.44.